The van der Waals surface area contributed by atoms with E-state index in [9.17, 15) is 18.0 Å². The van der Waals surface area contributed by atoms with Gasteiger partial charge in [-0.05, 0) is 31.4 Å². The van der Waals surface area contributed by atoms with Crippen molar-refractivity contribution in [2.75, 3.05) is 13.2 Å². The van der Waals surface area contributed by atoms with Gasteiger partial charge >= 0.3 is 12.2 Å². The first kappa shape index (κ1) is 17.3. The van der Waals surface area contributed by atoms with Crippen LogP contribution in [0.15, 0.2) is 24.3 Å². The SMILES string of the molecule is CC(Cc1ccccc1C(F)(F)F)NC(=O)NCCCO. The first-order chi connectivity index (χ1) is 9.84. The first-order valence-electron chi connectivity index (χ1n) is 6.65. The van der Waals surface area contributed by atoms with Crippen molar-refractivity contribution in [3.8, 4) is 0 Å². The van der Waals surface area contributed by atoms with Crippen LogP contribution in [0.4, 0.5) is 18.0 Å². The van der Waals surface area contributed by atoms with Crippen molar-refractivity contribution in [3.63, 3.8) is 0 Å². The number of aliphatic hydroxyl groups is 1. The molecule has 118 valence electrons. The van der Waals surface area contributed by atoms with Gasteiger partial charge in [0.15, 0.2) is 0 Å². The Balaban J connectivity index is 2.59. The molecule has 0 bridgehead atoms. The summed E-state index contributed by atoms with van der Waals surface area (Å²) in [7, 11) is 0. The number of halogens is 3. The summed E-state index contributed by atoms with van der Waals surface area (Å²) < 4.78 is 38.5. The molecule has 0 saturated carbocycles. The van der Waals surface area contributed by atoms with Crippen LogP contribution in [0.1, 0.15) is 24.5 Å². The Morgan fingerprint density at radius 2 is 2.00 bits per heavy atom. The molecule has 0 saturated heterocycles. The van der Waals surface area contributed by atoms with Crippen LogP contribution >= 0.6 is 0 Å². The monoisotopic (exact) mass is 304 g/mol. The lowest BCUT2D eigenvalue weighted by atomic mass is 10.0. The molecule has 1 aromatic rings. The van der Waals surface area contributed by atoms with Gasteiger partial charge in [0.25, 0.3) is 0 Å². The van der Waals surface area contributed by atoms with Gasteiger partial charge in [-0.1, -0.05) is 18.2 Å². The Kier molecular flexibility index (Phi) is 6.48. The second-order valence-electron chi connectivity index (χ2n) is 4.74. The molecule has 1 rings (SSSR count). The molecule has 0 spiro atoms. The average molecular weight is 304 g/mol. The zero-order valence-corrected chi connectivity index (χ0v) is 11.7. The molecule has 7 heteroatoms. The van der Waals surface area contributed by atoms with Gasteiger partial charge in [0.2, 0.25) is 0 Å². The number of benzene rings is 1. The molecule has 3 N–H and O–H groups in total. The lowest BCUT2D eigenvalue weighted by molar-refractivity contribution is -0.138. The molecule has 1 aromatic carbocycles. The first-order valence-corrected chi connectivity index (χ1v) is 6.65. The highest BCUT2D eigenvalue weighted by atomic mass is 19.4. The van der Waals surface area contributed by atoms with Crippen LogP contribution in [0.25, 0.3) is 0 Å². The average Bonchev–Trinajstić information content (AvgIpc) is 2.38. The fourth-order valence-electron chi connectivity index (χ4n) is 1.91. The van der Waals surface area contributed by atoms with Crippen molar-refractivity contribution < 1.29 is 23.1 Å². The largest absolute Gasteiger partial charge is 0.416 e. The third-order valence-electron chi connectivity index (χ3n) is 2.85. The van der Waals surface area contributed by atoms with Crippen molar-refractivity contribution in [3.05, 3.63) is 35.4 Å². The number of hydrogen-bond acceptors (Lipinski definition) is 2. The maximum atomic E-state index is 12.8. The van der Waals surface area contributed by atoms with Crippen molar-refractivity contribution in [1.82, 2.24) is 10.6 Å². The lowest BCUT2D eigenvalue weighted by Gasteiger charge is -2.18. The molecule has 21 heavy (non-hydrogen) atoms. The molecule has 0 aliphatic carbocycles. The van der Waals surface area contributed by atoms with E-state index in [4.69, 9.17) is 5.11 Å². The quantitative estimate of drug-likeness (QED) is 0.706. The van der Waals surface area contributed by atoms with E-state index in [2.05, 4.69) is 10.6 Å². The number of rotatable bonds is 6. The molecule has 0 aliphatic heterocycles. The van der Waals surface area contributed by atoms with Gasteiger partial charge in [0, 0.05) is 19.2 Å². The number of alkyl halides is 3. The molecule has 0 heterocycles. The van der Waals surface area contributed by atoms with E-state index in [1.165, 1.54) is 12.1 Å². The minimum Gasteiger partial charge on any atom is -0.396 e. The van der Waals surface area contributed by atoms with Crippen LogP contribution in [-0.2, 0) is 12.6 Å². The maximum absolute atomic E-state index is 12.8. The fraction of sp³-hybridized carbons (Fsp3) is 0.500. The second-order valence-corrected chi connectivity index (χ2v) is 4.74. The van der Waals surface area contributed by atoms with Crippen LogP contribution in [0, 0.1) is 0 Å². The summed E-state index contributed by atoms with van der Waals surface area (Å²) in [5, 5.41) is 13.7. The van der Waals surface area contributed by atoms with Gasteiger partial charge < -0.3 is 15.7 Å². The van der Waals surface area contributed by atoms with Gasteiger partial charge in [0.1, 0.15) is 0 Å². The minimum absolute atomic E-state index is 0.0329. The van der Waals surface area contributed by atoms with E-state index >= 15 is 0 Å². The van der Waals surface area contributed by atoms with Gasteiger partial charge in [-0.3, -0.25) is 0 Å². The van der Waals surface area contributed by atoms with Crippen LogP contribution in [0.2, 0.25) is 0 Å². The minimum atomic E-state index is -4.40. The summed E-state index contributed by atoms with van der Waals surface area (Å²) in [6.45, 7) is 1.92. The number of urea groups is 1. The predicted molar refractivity (Wildman–Crippen MR) is 72.8 cm³/mol. The van der Waals surface area contributed by atoms with Crippen LogP contribution in [0.5, 0.6) is 0 Å². The Morgan fingerprint density at radius 1 is 1.33 bits per heavy atom. The zero-order chi connectivity index (χ0) is 15.9. The molecule has 0 aliphatic rings. The van der Waals surface area contributed by atoms with E-state index in [-0.39, 0.29) is 18.6 Å². The summed E-state index contributed by atoms with van der Waals surface area (Å²) in [6, 6.07) is 4.42. The molecule has 1 unspecified atom stereocenters. The molecule has 0 aromatic heterocycles. The molecule has 4 nitrogen and oxygen atoms in total. The van der Waals surface area contributed by atoms with Gasteiger partial charge in [-0.2, -0.15) is 13.2 Å². The Labute approximate surface area is 121 Å². The van der Waals surface area contributed by atoms with E-state index in [1.807, 2.05) is 0 Å². The van der Waals surface area contributed by atoms with Gasteiger partial charge in [-0.25, -0.2) is 4.79 Å². The Morgan fingerprint density at radius 3 is 2.62 bits per heavy atom. The summed E-state index contributed by atoms with van der Waals surface area (Å²) in [4.78, 5) is 11.5. The second kappa shape index (κ2) is 7.87. The molecular weight excluding hydrogens is 285 g/mol. The number of nitrogens with one attached hydrogen (secondary N) is 2. The summed E-state index contributed by atoms with van der Waals surface area (Å²) >= 11 is 0. The maximum Gasteiger partial charge on any atom is 0.416 e. The molecule has 0 fully saturated rings. The smallest absolute Gasteiger partial charge is 0.396 e. The number of amides is 2. The topological polar surface area (TPSA) is 61.4 Å². The highest BCUT2D eigenvalue weighted by Crippen LogP contribution is 2.32. The number of carbonyl (C=O) groups excluding carboxylic acids is 1. The van der Waals surface area contributed by atoms with Crippen molar-refractivity contribution in [2.24, 2.45) is 0 Å². The molecule has 1 atom stereocenters. The lowest BCUT2D eigenvalue weighted by Crippen LogP contribution is -2.42. The van der Waals surface area contributed by atoms with E-state index in [0.29, 0.717) is 13.0 Å². The van der Waals surface area contributed by atoms with Crippen molar-refractivity contribution >= 4 is 6.03 Å². The van der Waals surface area contributed by atoms with E-state index < -0.39 is 23.8 Å². The molecule has 2 amide bonds. The van der Waals surface area contributed by atoms with Crippen LogP contribution < -0.4 is 10.6 Å². The van der Waals surface area contributed by atoms with E-state index in [1.54, 1.807) is 13.0 Å². The van der Waals surface area contributed by atoms with Gasteiger partial charge in [0.05, 0.1) is 5.56 Å². The Hall–Kier alpha value is -1.76. The third kappa shape index (κ3) is 6.03. The predicted octanol–water partition coefficient (Wildman–Crippen LogP) is 2.32. The van der Waals surface area contributed by atoms with Crippen LogP contribution in [-0.4, -0.2) is 30.3 Å². The highest BCUT2D eigenvalue weighted by molar-refractivity contribution is 5.74. The number of aliphatic hydroxyl groups excluding tert-OH is 1. The molecular formula is C14H19F3N2O2. The zero-order valence-electron chi connectivity index (χ0n) is 11.7. The standard InChI is InChI=1S/C14H19F3N2O2/c1-10(19-13(21)18-7-4-8-20)9-11-5-2-3-6-12(11)14(15,16)17/h2-3,5-6,10,20H,4,7-9H2,1H3,(H2,18,19,21). The van der Waals surface area contributed by atoms with E-state index in [0.717, 1.165) is 6.07 Å². The highest BCUT2D eigenvalue weighted by Gasteiger charge is 2.33. The number of hydrogen-bond donors (Lipinski definition) is 3. The van der Waals surface area contributed by atoms with Gasteiger partial charge in [-0.15, -0.1) is 0 Å². The third-order valence-corrected chi connectivity index (χ3v) is 2.85. The van der Waals surface area contributed by atoms with Crippen LogP contribution in [0.3, 0.4) is 0 Å². The fourth-order valence-corrected chi connectivity index (χ4v) is 1.91. The number of carbonyl (C=O) groups is 1. The summed E-state index contributed by atoms with van der Waals surface area (Å²) in [6.07, 6.45) is -3.89. The summed E-state index contributed by atoms with van der Waals surface area (Å²) in [5.41, 5.74) is -0.535. The summed E-state index contributed by atoms with van der Waals surface area (Å²) in [5.74, 6) is 0. The Bertz CT molecular complexity index is 464. The normalized spacial score (nSPS) is 12.8. The van der Waals surface area contributed by atoms with Crippen molar-refractivity contribution in [1.29, 1.82) is 0 Å². The van der Waals surface area contributed by atoms with Crippen molar-refractivity contribution in [2.45, 2.75) is 32.0 Å². The molecule has 0 radical (unpaired) electrons.